The Morgan fingerprint density at radius 2 is 0.656 bits per heavy atom. The number of unbranched alkanes of at least 4 members (excludes halogenated alkanes) is 36. The number of carbonyl (C=O) groups is 2. The maximum absolute atomic E-state index is 12.3. The van der Waals surface area contributed by atoms with Crippen molar-refractivity contribution in [1.82, 2.24) is 0 Å². The zero-order valence-electron chi connectivity index (χ0n) is 40.9. The fourth-order valence-electron chi connectivity index (χ4n) is 8.09. The van der Waals surface area contributed by atoms with Crippen LogP contribution in [-0.2, 0) is 19.1 Å². The molecule has 61 heavy (non-hydrogen) atoms. The summed E-state index contributed by atoms with van der Waals surface area (Å²) in [7, 11) is 0. The molecule has 0 heterocycles. The first-order valence-corrected chi connectivity index (χ1v) is 27.0. The Bertz CT molecular complexity index is 970. The van der Waals surface area contributed by atoms with Crippen LogP contribution in [0.2, 0.25) is 0 Å². The minimum absolute atomic E-state index is 0.0676. The monoisotopic (exact) mass is 857 g/mol. The van der Waals surface area contributed by atoms with Crippen LogP contribution in [0.3, 0.4) is 0 Å². The summed E-state index contributed by atoms with van der Waals surface area (Å²) in [6.07, 6.45) is 66.8. The number of hydrogen-bond donors (Lipinski definition) is 1. The molecule has 0 amide bonds. The van der Waals surface area contributed by atoms with E-state index >= 15 is 0 Å². The van der Waals surface area contributed by atoms with Gasteiger partial charge in [-0.15, -0.1) is 0 Å². The molecule has 0 aliphatic rings. The van der Waals surface area contributed by atoms with E-state index in [0.29, 0.717) is 12.8 Å². The van der Waals surface area contributed by atoms with Crippen LogP contribution >= 0.6 is 0 Å². The third kappa shape index (κ3) is 50.6. The number of allylic oxidation sites excluding steroid dienone is 6. The number of aliphatic hydroxyl groups excluding tert-OH is 1. The minimum atomic E-state index is -0.777. The molecule has 1 atom stereocenters. The maximum Gasteiger partial charge on any atom is 0.306 e. The Balaban J connectivity index is 3.45. The molecule has 0 aliphatic heterocycles. The van der Waals surface area contributed by atoms with Crippen LogP contribution in [0.15, 0.2) is 36.5 Å². The van der Waals surface area contributed by atoms with Crippen LogP contribution in [0.5, 0.6) is 0 Å². The number of ether oxygens (including phenoxy) is 2. The Morgan fingerprint density at radius 1 is 0.377 bits per heavy atom. The summed E-state index contributed by atoms with van der Waals surface area (Å²) in [5.41, 5.74) is 0. The fraction of sp³-hybridized carbons (Fsp3) is 0.857. The standard InChI is InChI=1S/C56H104O5/c1-3-5-7-9-11-13-15-17-19-21-23-24-25-26-27-28-29-30-31-33-34-36-38-40-42-44-46-48-50-55(58)60-53-54(52-57)61-56(59)51-49-47-45-43-41-39-37-35-32-22-20-18-16-14-12-10-8-6-4-2/h12,14,18,20,32,35,54,57H,3-11,13,15-17,19,21-31,33-34,36-53H2,1-2H3/b14-12-,20-18-,35-32-. The summed E-state index contributed by atoms with van der Waals surface area (Å²) in [4.78, 5) is 24.5. The van der Waals surface area contributed by atoms with Gasteiger partial charge in [-0.1, -0.05) is 262 Å². The maximum atomic E-state index is 12.3. The Kier molecular flexibility index (Phi) is 50.8. The van der Waals surface area contributed by atoms with Gasteiger partial charge in [0.05, 0.1) is 6.61 Å². The smallest absolute Gasteiger partial charge is 0.306 e. The number of rotatable bonds is 50. The highest BCUT2D eigenvalue weighted by atomic mass is 16.6. The van der Waals surface area contributed by atoms with Crippen molar-refractivity contribution in [2.75, 3.05) is 13.2 Å². The molecule has 0 fully saturated rings. The van der Waals surface area contributed by atoms with Gasteiger partial charge in [-0.05, 0) is 51.4 Å². The third-order valence-electron chi connectivity index (χ3n) is 12.2. The zero-order valence-corrected chi connectivity index (χ0v) is 40.9. The minimum Gasteiger partial charge on any atom is -0.462 e. The molecule has 358 valence electrons. The van der Waals surface area contributed by atoms with Gasteiger partial charge in [0.15, 0.2) is 6.10 Å². The molecule has 0 aromatic heterocycles. The van der Waals surface area contributed by atoms with Crippen molar-refractivity contribution in [2.45, 2.75) is 296 Å². The number of aliphatic hydroxyl groups is 1. The normalized spacial score (nSPS) is 12.4. The molecule has 5 nitrogen and oxygen atoms in total. The first-order chi connectivity index (χ1) is 30.1. The Morgan fingerprint density at radius 3 is 1.02 bits per heavy atom. The Hall–Kier alpha value is -1.88. The summed E-state index contributed by atoms with van der Waals surface area (Å²) >= 11 is 0. The quantitative estimate of drug-likeness (QED) is 0.0375. The number of carbonyl (C=O) groups excluding carboxylic acids is 2. The van der Waals surface area contributed by atoms with E-state index in [0.717, 1.165) is 57.8 Å². The third-order valence-corrected chi connectivity index (χ3v) is 12.2. The highest BCUT2D eigenvalue weighted by molar-refractivity contribution is 5.70. The molecule has 0 aromatic rings. The molecule has 0 aliphatic carbocycles. The van der Waals surface area contributed by atoms with Crippen molar-refractivity contribution in [2.24, 2.45) is 0 Å². The van der Waals surface area contributed by atoms with Gasteiger partial charge in [0, 0.05) is 12.8 Å². The van der Waals surface area contributed by atoms with E-state index in [1.54, 1.807) is 0 Å². The fourth-order valence-corrected chi connectivity index (χ4v) is 8.09. The molecule has 0 radical (unpaired) electrons. The van der Waals surface area contributed by atoms with Gasteiger partial charge >= 0.3 is 11.9 Å². The van der Waals surface area contributed by atoms with Crippen molar-refractivity contribution in [1.29, 1.82) is 0 Å². The van der Waals surface area contributed by atoms with Crippen LogP contribution in [0.1, 0.15) is 290 Å². The van der Waals surface area contributed by atoms with E-state index in [1.807, 2.05) is 0 Å². The van der Waals surface area contributed by atoms with E-state index in [4.69, 9.17) is 9.47 Å². The van der Waals surface area contributed by atoms with Gasteiger partial charge < -0.3 is 14.6 Å². The second-order valence-corrected chi connectivity index (χ2v) is 18.3. The number of esters is 2. The molecular formula is C56H104O5. The second-order valence-electron chi connectivity index (χ2n) is 18.3. The van der Waals surface area contributed by atoms with Crippen molar-refractivity contribution in [3.8, 4) is 0 Å². The highest BCUT2D eigenvalue weighted by Crippen LogP contribution is 2.17. The average Bonchev–Trinajstić information content (AvgIpc) is 3.26. The van der Waals surface area contributed by atoms with Crippen LogP contribution in [0, 0.1) is 0 Å². The molecule has 0 saturated carbocycles. The van der Waals surface area contributed by atoms with Crippen LogP contribution in [0.4, 0.5) is 0 Å². The van der Waals surface area contributed by atoms with E-state index in [2.05, 4.69) is 50.3 Å². The second kappa shape index (κ2) is 52.5. The van der Waals surface area contributed by atoms with Gasteiger partial charge in [0.1, 0.15) is 6.61 Å². The van der Waals surface area contributed by atoms with E-state index in [1.165, 1.54) is 205 Å². The SMILES string of the molecule is CCCCC/C=C\C/C=C\C/C=C\CCCCCCCCC(=O)OC(CO)COC(=O)CCCCCCCCCCCCCCCCCCCCCCCCCCCCCC. The van der Waals surface area contributed by atoms with Crippen LogP contribution < -0.4 is 0 Å². The molecule has 0 rings (SSSR count). The highest BCUT2D eigenvalue weighted by Gasteiger charge is 2.16. The lowest BCUT2D eigenvalue weighted by molar-refractivity contribution is -0.161. The summed E-state index contributed by atoms with van der Waals surface area (Å²) < 4.78 is 10.7. The van der Waals surface area contributed by atoms with E-state index in [9.17, 15) is 14.7 Å². The van der Waals surface area contributed by atoms with Gasteiger partial charge in [0.2, 0.25) is 0 Å². The molecule has 5 heteroatoms. The van der Waals surface area contributed by atoms with Crippen molar-refractivity contribution in [3.63, 3.8) is 0 Å². The largest absolute Gasteiger partial charge is 0.462 e. The van der Waals surface area contributed by atoms with Gasteiger partial charge in [-0.3, -0.25) is 9.59 Å². The van der Waals surface area contributed by atoms with Crippen molar-refractivity contribution >= 4 is 11.9 Å². The van der Waals surface area contributed by atoms with Crippen molar-refractivity contribution in [3.05, 3.63) is 36.5 Å². The van der Waals surface area contributed by atoms with Gasteiger partial charge in [-0.25, -0.2) is 0 Å². The molecular weight excluding hydrogens is 753 g/mol. The van der Waals surface area contributed by atoms with Crippen LogP contribution in [0.25, 0.3) is 0 Å². The predicted molar refractivity (Wildman–Crippen MR) is 265 cm³/mol. The van der Waals surface area contributed by atoms with Gasteiger partial charge in [-0.2, -0.15) is 0 Å². The summed E-state index contributed by atoms with van der Waals surface area (Å²) in [5.74, 6) is -0.592. The molecule has 0 bridgehead atoms. The van der Waals surface area contributed by atoms with Crippen molar-refractivity contribution < 1.29 is 24.2 Å². The molecule has 0 aromatic carbocycles. The Labute approximate surface area is 380 Å². The average molecular weight is 857 g/mol. The van der Waals surface area contributed by atoms with E-state index < -0.39 is 6.10 Å². The summed E-state index contributed by atoms with van der Waals surface area (Å²) in [6, 6.07) is 0. The topological polar surface area (TPSA) is 72.8 Å². The molecule has 0 spiro atoms. The first kappa shape index (κ1) is 59.1. The zero-order chi connectivity index (χ0) is 44.2. The summed E-state index contributed by atoms with van der Waals surface area (Å²) in [5, 5.41) is 9.63. The lowest BCUT2D eigenvalue weighted by Crippen LogP contribution is -2.28. The molecule has 1 N–H and O–H groups in total. The van der Waals surface area contributed by atoms with Gasteiger partial charge in [0.25, 0.3) is 0 Å². The van der Waals surface area contributed by atoms with E-state index in [-0.39, 0.29) is 25.2 Å². The molecule has 0 saturated heterocycles. The summed E-state index contributed by atoms with van der Waals surface area (Å²) in [6.45, 7) is 4.14. The lowest BCUT2D eigenvalue weighted by Gasteiger charge is -2.15. The lowest BCUT2D eigenvalue weighted by atomic mass is 10.0. The molecule has 1 unspecified atom stereocenters. The predicted octanol–water partition coefficient (Wildman–Crippen LogP) is 17.9. The first-order valence-electron chi connectivity index (χ1n) is 27.0. The number of hydrogen-bond acceptors (Lipinski definition) is 5. The van der Waals surface area contributed by atoms with Crippen LogP contribution in [-0.4, -0.2) is 36.4 Å².